The molecule has 8 heteroatoms. The molecule has 2 heterocycles. The largest absolute Gasteiger partial charge is 0.457 e. The van der Waals surface area contributed by atoms with E-state index in [0.29, 0.717) is 0 Å². The summed E-state index contributed by atoms with van der Waals surface area (Å²) in [6, 6.07) is 0. The second kappa shape index (κ2) is 4.81. The molecule has 23 heavy (non-hydrogen) atoms. The summed E-state index contributed by atoms with van der Waals surface area (Å²) in [4.78, 5) is 4.11. The number of halogens is 4. The van der Waals surface area contributed by atoms with E-state index in [1.165, 1.54) is 6.92 Å². The third kappa shape index (κ3) is 2.20. The van der Waals surface area contributed by atoms with Gasteiger partial charge in [0.15, 0.2) is 17.2 Å². The first-order chi connectivity index (χ1) is 10.6. The number of furan rings is 1. The third-order valence-corrected chi connectivity index (χ3v) is 3.37. The van der Waals surface area contributed by atoms with Gasteiger partial charge in [-0.05, 0) is 6.92 Å². The van der Waals surface area contributed by atoms with Gasteiger partial charge >= 0.3 is 0 Å². The number of hydrogen-bond donors (Lipinski definition) is 0. The third-order valence-electron chi connectivity index (χ3n) is 3.37. The molecule has 0 atom stereocenters. The molecular formula is C15H12F4N2O2. The fraction of sp³-hybridized carbons (Fsp3) is 0.333. The Labute approximate surface area is 128 Å². The standard InChI is InChI=1S/C15H12F4N2O2/c1-5-6(13-20-14(23-21-13)15(2,3)4)7-8(16)9(17)10(18)11(19)12(7)22-5/h1-4H3. The summed E-state index contributed by atoms with van der Waals surface area (Å²) in [5.74, 6) is -6.83. The van der Waals surface area contributed by atoms with Crippen molar-refractivity contribution in [3.8, 4) is 11.4 Å². The first kappa shape index (κ1) is 15.5. The maximum absolute atomic E-state index is 14.1. The van der Waals surface area contributed by atoms with E-state index in [2.05, 4.69) is 10.1 Å². The minimum atomic E-state index is -1.93. The molecule has 0 saturated heterocycles. The number of aromatic nitrogens is 2. The normalized spacial score (nSPS) is 12.3. The fourth-order valence-electron chi connectivity index (χ4n) is 2.21. The highest BCUT2D eigenvalue weighted by molar-refractivity contribution is 5.94. The van der Waals surface area contributed by atoms with E-state index in [-0.39, 0.29) is 23.0 Å². The van der Waals surface area contributed by atoms with Gasteiger partial charge in [-0.2, -0.15) is 9.37 Å². The first-order valence-corrected chi connectivity index (χ1v) is 6.72. The molecule has 0 fully saturated rings. The van der Waals surface area contributed by atoms with Crippen LogP contribution in [-0.4, -0.2) is 10.1 Å². The predicted molar refractivity (Wildman–Crippen MR) is 72.8 cm³/mol. The number of hydrogen-bond acceptors (Lipinski definition) is 4. The van der Waals surface area contributed by atoms with Crippen molar-refractivity contribution >= 4 is 11.0 Å². The SMILES string of the molecule is Cc1oc2c(F)c(F)c(F)c(F)c2c1-c1noc(C(C)(C)C)n1. The Kier molecular flexibility index (Phi) is 3.24. The maximum atomic E-state index is 14.1. The highest BCUT2D eigenvalue weighted by Gasteiger charge is 2.30. The summed E-state index contributed by atoms with van der Waals surface area (Å²) in [6.45, 7) is 6.84. The van der Waals surface area contributed by atoms with Crippen molar-refractivity contribution in [2.45, 2.75) is 33.1 Å². The molecule has 3 rings (SSSR count). The molecule has 0 amide bonds. The van der Waals surface area contributed by atoms with Crippen molar-refractivity contribution < 1.29 is 26.5 Å². The Hall–Kier alpha value is -2.38. The molecule has 0 radical (unpaired) electrons. The quantitative estimate of drug-likeness (QED) is 0.371. The lowest BCUT2D eigenvalue weighted by atomic mass is 9.97. The smallest absolute Gasteiger partial charge is 0.232 e. The van der Waals surface area contributed by atoms with Gasteiger partial charge in [0.25, 0.3) is 0 Å². The lowest BCUT2D eigenvalue weighted by Gasteiger charge is -2.10. The summed E-state index contributed by atoms with van der Waals surface area (Å²) in [5.41, 5.74) is -1.27. The molecule has 0 spiro atoms. The van der Waals surface area contributed by atoms with E-state index in [1.54, 1.807) is 0 Å². The minimum absolute atomic E-state index is 0.0176. The molecule has 4 nitrogen and oxygen atoms in total. The van der Waals surface area contributed by atoms with E-state index in [4.69, 9.17) is 8.94 Å². The number of nitrogens with zero attached hydrogens (tertiary/aromatic N) is 2. The van der Waals surface area contributed by atoms with Crippen molar-refractivity contribution in [3.63, 3.8) is 0 Å². The molecule has 122 valence electrons. The van der Waals surface area contributed by atoms with Crippen molar-refractivity contribution in [3.05, 3.63) is 34.9 Å². The molecule has 0 aliphatic rings. The summed E-state index contributed by atoms with van der Waals surface area (Å²) < 4.78 is 64.9. The summed E-state index contributed by atoms with van der Waals surface area (Å²) in [6.07, 6.45) is 0. The highest BCUT2D eigenvalue weighted by Crippen LogP contribution is 2.38. The molecule has 1 aromatic carbocycles. The molecule has 2 aromatic heterocycles. The Bertz CT molecular complexity index is 922. The summed E-state index contributed by atoms with van der Waals surface area (Å²) in [5, 5.41) is 3.15. The Morgan fingerprint density at radius 1 is 0.913 bits per heavy atom. The van der Waals surface area contributed by atoms with Crippen molar-refractivity contribution in [2.75, 3.05) is 0 Å². The van der Waals surface area contributed by atoms with E-state index in [0.717, 1.165) is 0 Å². The molecular weight excluding hydrogens is 316 g/mol. The molecule has 0 unspecified atom stereocenters. The van der Waals surface area contributed by atoms with Crippen LogP contribution in [0.5, 0.6) is 0 Å². The molecule has 0 aliphatic carbocycles. The highest BCUT2D eigenvalue weighted by atomic mass is 19.2. The Morgan fingerprint density at radius 3 is 2.09 bits per heavy atom. The molecule has 0 saturated carbocycles. The van der Waals surface area contributed by atoms with Gasteiger partial charge in [-0.3, -0.25) is 0 Å². The second-order valence-electron chi connectivity index (χ2n) is 6.17. The van der Waals surface area contributed by atoms with Crippen molar-refractivity contribution in [1.29, 1.82) is 0 Å². The maximum Gasteiger partial charge on any atom is 0.232 e. The number of fused-ring (bicyclic) bond motifs is 1. The number of benzene rings is 1. The van der Waals surface area contributed by atoms with Crippen LogP contribution >= 0.6 is 0 Å². The van der Waals surface area contributed by atoms with E-state index >= 15 is 0 Å². The average Bonchev–Trinajstić information content (AvgIpc) is 3.06. The zero-order valence-corrected chi connectivity index (χ0v) is 12.7. The van der Waals surface area contributed by atoms with Crippen LogP contribution < -0.4 is 0 Å². The predicted octanol–water partition coefficient (Wildman–Crippen LogP) is 4.65. The number of rotatable bonds is 1. The Balaban J connectivity index is 2.35. The zero-order valence-electron chi connectivity index (χ0n) is 12.7. The first-order valence-electron chi connectivity index (χ1n) is 6.72. The van der Waals surface area contributed by atoms with E-state index in [9.17, 15) is 17.6 Å². The van der Waals surface area contributed by atoms with Crippen LogP contribution in [0.4, 0.5) is 17.6 Å². The fourth-order valence-corrected chi connectivity index (χ4v) is 2.21. The number of aryl methyl sites for hydroxylation is 1. The summed E-state index contributed by atoms with van der Waals surface area (Å²) in [7, 11) is 0. The molecule has 0 aliphatic heterocycles. The lowest BCUT2D eigenvalue weighted by Crippen LogP contribution is -2.11. The van der Waals surface area contributed by atoms with Crippen LogP contribution in [-0.2, 0) is 5.41 Å². The average molecular weight is 328 g/mol. The van der Waals surface area contributed by atoms with Crippen LogP contribution in [0, 0.1) is 30.2 Å². The van der Waals surface area contributed by atoms with E-state index < -0.39 is 39.7 Å². The van der Waals surface area contributed by atoms with Gasteiger partial charge in [-0.15, -0.1) is 0 Å². The van der Waals surface area contributed by atoms with Gasteiger partial charge in [0.1, 0.15) is 5.76 Å². The van der Waals surface area contributed by atoms with Crippen LogP contribution in [0.2, 0.25) is 0 Å². The van der Waals surface area contributed by atoms with Crippen LogP contribution in [0.3, 0.4) is 0 Å². The van der Waals surface area contributed by atoms with Crippen molar-refractivity contribution in [2.24, 2.45) is 0 Å². The molecule has 3 aromatic rings. The van der Waals surface area contributed by atoms with Crippen molar-refractivity contribution in [1.82, 2.24) is 10.1 Å². The molecule has 0 bridgehead atoms. The van der Waals surface area contributed by atoms with Crippen LogP contribution in [0.15, 0.2) is 8.94 Å². The van der Waals surface area contributed by atoms with Crippen LogP contribution in [0.1, 0.15) is 32.4 Å². The Morgan fingerprint density at radius 2 is 1.52 bits per heavy atom. The topological polar surface area (TPSA) is 52.1 Å². The van der Waals surface area contributed by atoms with Gasteiger partial charge < -0.3 is 8.94 Å². The zero-order chi connectivity index (χ0) is 17.1. The van der Waals surface area contributed by atoms with Gasteiger partial charge in [0, 0.05) is 5.41 Å². The van der Waals surface area contributed by atoms with Gasteiger partial charge in [0.2, 0.25) is 23.3 Å². The monoisotopic (exact) mass is 328 g/mol. The lowest BCUT2D eigenvalue weighted by molar-refractivity contribution is 0.321. The molecule has 0 N–H and O–H groups in total. The summed E-state index contributed by atoms with van der Waals surface area (Å²) >= 11 is 0. The minimum Gasteiger partial charge on any atom is -0.457 e. The van der Waals surface area contributed by atoms with E-state index in [1.807, 2.05) is 20.8 Å². The van der Waals surface area contributed by atoms with Gasteiger partial charge in [0.05, 0.1) is 10.9 Å². The van der Waals surface area contributed by atoms with Crippen LogP contribution in [0.25, 0.3) is 22.4 Å². The second-order valence-corrected chi connectivity index (χ2v) is 6.17. The van der Waals surface area contributed by atoms with Gasteiger partial charge in [-0.1, -0.05) is 25.9 Å². The van der Waals surface area contributed by atoms with Gasteiger partial charge in [-0.25, -0.2) is 13.2 Å².